The standard InChI is InChI=1S/C16H20N6O4/c1-11(2)15-20-14(21-26-15)3-4-17-16(23)22(5-12-7-24-9-18-12)6-13-8-25-10-19-13/h7-11H,3-6H2,1-2H3,(H,17,23). The quantitative estimate of drug-likeness (QED) is 0.648. The van der Waals surface area contributed by atoms with Crippen LogP contribution in [0.4, 0.5) is 4.79 Å². The fourth-order valence-corrected chi connectivity index (χ4v) is 2.22. The normalized spacial score (nSPS) is 11.0. The number of hydrogen-bond donors (Lipinski definition) is 1. The van der Waals surface area contributed by atoms with E-state index in [4.69, 9.17) is 13.4 Å². The summed E-state index contributed by atoms with van der Waals surface area (Å²) in [5.74, 6) is 1.32. The first-order chi connectivity index (χ1) is 12.6. The van der Waals surface area contributed by atoms with Crippen LogP contribution in [0.5, 0.6) is 0 Å². The summed E-state index contributed by atoms with van der Waals surface area (Å²) >= 11 is 0. The van der Waals surface area contributed by atoms with E-state index in [-0.39, 0.29) is 25.0 Å². The van der Waals surface area contributed by atoms with Crippen molar-refractivity contribution in [1.82, 2.24) is 30.3 Å². The minimum Gasteiger partial charge on any atom is -0.451 e. The van der Waals surface area contributed by atoms with Gasteiger partial charge in [-0.15, -0.1) is 0 Å². The maximum atomic E-state index is 12.5. The molecule has 2 amide bonds. The van der Waals surface area contributed by atoms with Gasteiger partial charge in [0.2, 0.25) is 5.89 Å². The third kappa shape index (κ3) is 4.68. The fourth-order valence-electron chi connectivity index (χ4n) is 2.22. The van der Waals surface area contributed by atoms with Crippen molar-refractivity contribution in [3.8, 4) is 0 Å². The van der Waals surface area contributed by atoms with Gasteiger partial charge in [0.15, 0.2) is 18.6 Å². The van der Waals surface area contributed by atoms with E-state index in [0.717, 1.165) is 0 Å². The number of carbonyl (C=O) groups excluding carboxylic acids is 1. The second kappa shape index (κ2) is 8.28. The molecule has 0 bridgehead atoms. The van der Waals surface area contributed by atoms with Gasteiger partial charge < -0.3 is 23.6 Å². The smallest absolute Gasteiger partial charge is 0.318 e. The molecule has 1 N–H and O–H groups in total. The highest BCUT2D eigenvalue weighted by Gasteiger charge is 2.17. The Balaban J connectivity index is 1.55. The number of aromatic nitrogens is 4. The average Bonchev–Trinajstić information content (AvgIpc) is 3.37. The van der Waals surface area contributed by atoms with Crippen LogP contribution < -0.4 is 5.32 Å². The highest BCUT2D eigenvalue weighted by Crippen LogP contribution is 2.11. The summed E-state index contributed by atoms with van der Waals surface area (Å²) < 4.78 is 15.1. The van der Waals surface area contributed by atoms with Crippen LogP contribution in [0.3, 0.4) is 0 Å². The Hall–Kier alpha value is -3.17. The summed E-state index contributed by atoms with van der Waals surface area (Å²) in [5, 5.41) is 6.75. The number of nitrogens with zero attached hydrogens (tertiary/aromatic N) is 5. The van der Waals surface area contributed by atoms with Crippen LogP contribution >= 0.6 is 0 Å². The Morgan fingerprint density at radius 3 is 2.31 bits per heavy atom. The third-order valence-electron chi connectivity index (χ3n) is 3.56. The van der Waals surface area contributed by atoms with E-state index in [1.165, 1.54) is 25.3 Å². The lowest BCUT2D eigenvalue weighted by atomic mass is 10.2. The van der Waals surface area contributed by atoms with Gasteiger partial charge in [0.05, 0.1) is 24.5 Å². The van der Waals surface area contributed by atoms with Gasteiger partial charge in [-0.05, 0) is 0 Å². The largest absolute Gasteiger partial charge is 0.451 e. The van der Waals surface area contributed by atoms with E-state index in [2.05, 4.69) is 25.4 Å². The minimum atomic E-state index is -0.261. The molecule has 26 heavy (non-hydrogen) atoms. The highest BCUT2D eigenvalue weighted by molar-refractivity contribution is 5.74. The van der Waals surface area contributed by atoms with Crippen molar-refractivity contribution >= 4 is 6.03 Å². The van der Waals surface area contributed by atoms with Crippen molar-refractivity contribution in [3.63, 3.8) is 0 Å². The first-order valence-electron chi connectivity index (χ1n) is 8.21. The zero-order chi connectivity index (χ0) is 18.4. The van der Waals surface area contributed by atoms with Gasteiger partial charge in [-0.1, -0.05) is 19.0 Å². The van der Waals surface area contributed by atoms with E-state index in [0.29, 0.717) is 36.1 Å². The summed E-state index contributed by atoms with van der Waals surface area (Å²) in [6.07, 6.45) is 6.11. The zero-order valence-corrected chi connectivity index (χ0v) is 14.6. The number of oxazole rings is 2. The van der Waals surface area contributed by atoms with Gasteiger partial charge in [-0.25, -0.2) is 14.8 Å². The van der Waals surface area contributed by atoms with E-state index in [1.54, 1.807) is 4.90 Å². The van der Waals surface area contributed by atoms with E-state index in [1.807, 2.05) is 13.8 Å². The maximum absolute atomic E-state index is 12.5. The number of amides is 2. The third-order valence-corrected chi connectivity index (χ3v) is 3.56. The first-order valence-corrected chi connectivity index (χ1v) is 8.21. The fraction of sp³-hybridized carbons (Fsp3) is 0.438. The molecule has 0 radical (unpaired) electrons. The molecular weight excluding hydrogens is 340 g/mol. The predicted molar refractivity (Wildman–Crippen MR) is 87.7 cm³/mol. The Kier molecular flexibility index (Phi) is 5.62. The topological polar surface area (TPSA) is 123 Å². The van der Waals surface area contributed by atoms with E-state index < -0.39 is 0 Å². The van der Waals surface area contributed by atoms with Gasteiger partial charge in [0.1, 0.15) is 12.5 Å². The van der Waals surface area contributed by atoms with E-state index >= 15 is 0 Å². The molecule has 3 heterocycles. The van der Waals surface area contributed by atoms with Crippen LogP contribution in [0.15, 0.2) is 38.7 Å². The minimum absolute atomic E-state index is 0.172. The van der Waals surface area contributed by atoms with Gasteiger partial charge in [0, 0.05) is 18.9 Å². The Morgan fingerprint density at radius 1 is 1.15 bits per heavy atom. The van der Waals surface area contributed by atoms with Gasteiger partial charge >= 0.3 is 6.03 Å². The molecule has 3 aromatic heterocycles. The molecule has 0 saturated carbocycles. The summed E-state index contributed by atoms with van der Waals surface area (Å²) in [6.45, 7) is 4.91. The maximum Gasteiger partial charge on any atom is 0.318 e. The molecular formula is C16H20N6O4. The van der Waals surface area contributed by atoms with Crippen LogP contribution in [0.2, 0.25) is 0 Å². The Labute approximate surface area is 149 Å². The van der Waals surface area contributed by atoms with Crippen LogP contribution in [0.25, 0.3) is 0 Å². The van der Waals surface area contributed by atoms with Gasteiger partial charge in [0.25, 0.3) is 0 Å². The van der Waals surface area contributed by atoms with Crippen LogP contribution in [-0.4, -0.2) is 37.6 Å². The van der Waals surface area contributed by atoms with Crippen molar-refractivity contribution in [2.24, 2.45) is 0 Å². The molecule has 10 heteroatoms. The lowest BCUT2D eigenvalue weighted by Gasteiger charge is -2.20. The first kappa shape index (κ1) is 17.6. The van der Waals surface area contributed by atoms with Crippen molar-refractivity contribution in [3.05, 3.63) is 48.4 Å². The summed E-state index contributed by atoms with van der Waals surface area (Å²) in [7, 11) is 0. The second-order valence-corrected chi connectivity index (χ2v) is 6.00. The van der Waals surface area contributed by atoms with Gasteiger partial charge in [-0.3, -0.25) is 0 Å². The molecule has 3 rings (SSSR count). The summed E-state index contributed by atoms with van der Waals surface area (Å²) in [6, 6.07) is -0.261. The Bertz CT molecular complexity index is 760. The summed E-state index contributed by atoms with van der Waals surface area (Å²) in [5.41, 5.74) is 1.28. The van der Waals surface area contributed by atoms with Crippen molar-refractivity contribution in [2.75, 3.05) is 6.54 Å². The van der Waals surface area contributed by atoms with Crippen LogP contribution in [0, 0.1) is 0 Å². The van der Waals surface area contributed by atoms with Crippen molar-refractivity contribution in [2.45, 2.75) is 39.3 Å². The lowest BCUT2D eigenvalue weighted by molar-refractivity contribution is 0.191. The highest BCUT2D eigenvalue weighted by atomic mass is 16.5. The summed E-state index contributed by atoms with van der Waals surface area (Å²) in [4.78, 5) is 26.5. The molecule has 0 unspecified atom stereocenters. The molecule has 10 nitrogen and oxygen atoms in total. The van der Waals surface area contributed by atoms with Crippen molar-refractivity contribution < 1.29 is 18.2 Å². The molecule has 0 spiro atoms. The molecule has 0 aliphatic rings. The Morgan fingerprint density at radius 2 is 1.81 bits per heavy atom. The van der Waals surface area contributed by atoms with Crippen LogP contribution in [0.1, 0.15) is 42.9 Å². The monoisotopic (exact) mass is 360 g/mol. The SMILES string of the molecule is CC(C)c1nc(CCNC(=O)N(Cc2cocn2)Cc2cocn2)no1. The lowest BCUT2D eigenvalue weighted by Crippen LogP contribution is -2.40. The molecule has 0 aromatic carbocycles. The molecule has 3 aromatic rings. The average molecular weight is 360 g/mol. The molecule has 138 valence electrons. The molecule has 0 fully saturated rings. The molecule has 0 aliphatic heterocycles. The van der Waals surface area contributed by atoms with Crippen molar-refractivity contribution in [1.29, 1.82) is 0 Å². The van der Waals surface area contributed by atoms with E-state index in [9.17, 15) is 4.79 Å². The van der Waals surface area contributed by atoms with Gasteiger partial charge in [-0.2, -0.15) is 4.98 Å². The number of hydrogen-bond acceptors (Lipinski definition) is 8. The molecule has 0 aliphatic carbocycles. The number of nitrogens with one attached hydrogen (secondary N) is 1. The zero-order valence-electron chi connectivity index (χ0n) is 14.6. The number of rotatable bonds is 8. The molecule has 0 atom stereocenters. The van der Waals surface area contributed by atoms with Crippen LogP contribution in [-0.2, 0) is 19.5 Å². The second-order valence-electron chi connectivity index (χ2n) is 6.00. The molecule has 0 saturated heterocycles. The predicted octanol–water partition coefficient (Wildman–Crippen LogP) is 2.12. The number of carbonyl (C=O) groups is 1. The number of urea groups is 1.